The second-order valence-corrected chi connectivity index (χ2v) is 2.10. The van der Waals surface area contributed by atoms with E-state index in [0.717, 1.165) is 6.07 Å². The average Bonchev–Trinajstić information content (AvgIpc) is 1.95. The van der Waals surface area contributed by atoms with Crippen molar-refractivity contribution in [2.75, 3.05) is 0 Å². The van der Waals surface area contributed by atoms with Crippen molar-refractivity contribution in [1.29, 1.82) is 0 Å². The van der Waals surface area contributed by atoms with Gasteiger partial charge in [0, 0.05) is 6.07 Å². The Hall–Kier alpha value is -0.960. The minimum atomic E-state index is -0.626. The molecule has 1 rings (SSSR count). The topological polar surface area (TPSA) is 29.4 Å². The SMILES string of the molecule is O=Nc1ccc(Cl)c(F)c1. The predicted octanol–water partition coefficient (Wildman–Crippen LogP) is 2.88. The molecule has 0 atom stereocenters. The fraction of sp³-hybridized carbons (Fsp3) is 0. The van der Waals surface area contributed by atoms with E-state index in [-0.39, 0.29) is 10.7 Å². The van der Waals surface area contributed by atoms with Gasteiger partial charge in [0.15, 0.2) is 0 Å². The molecule has 0 saturated carbocycles. The maximum atomic E-state index is 12.4. The molecule has 4 heteroatoms. The monoisotopic (exact) mass is 159 g/mol. The van der Waals surface area contributed by atoms with Crippen molar-refractivity contribution < 1.29 is 4.39 Å². The zero-order valence-corrected chi connectivity index (χ0v) is 5.60. The highest BCUT2D eigenvalue weighted by Crippen LogP contribution is 2.19. The second kappa shape index (κ2) is 2.75. The summed E-state index contributed by atoms with van der Waals surface area (Å²) >= 11 is 5.32. The van der Waals surface area contributed by atoms with Crippen LogP contribution in [0.3, 0.4) is 0 Å². The Balaban J connectivity index is 3.16. The van der Waals surface area contributed by atoms with Crippen LogP contribution < -0.4 is 0 Å². The largest absolute Gasteiger partial charge is 0.205 e. The molecule has 0 fully saturated rings. The van der Waals surface area contributed by atoms with Crippen molar-refractivity contribution in [3.05, 3.63) is 33.9 Å². The molecule has 0 aromatic heterocycles. The smallest absolute Gasteiger partial charge is 0.144 e. The first-order valence-electron chi connectivity index (χ1n) is 2.52. The van der Waals surface area contributed by atoms with Gasteiger partial charge in [-0.15, -0.1) is 4.91 Å². The molecule has 0 spiro atoms. The van der Waals surface area contributed by atoms with Crippen molar-refractivity contribution in [3.8, 4) is 0 Å². The highest BCUT2D eigenvalue weighted by Gasteiger charge is 1.99. The van der Waals surface area contributed by atoms with E-state index in [4.69, 9.17) is 11.6 Å². The lowest BCUT2D eigenvalue weighted by molar-refractivity contribution is 0.628. The summed E-state index contributed by atoms with van der Waals surface area (Å²) in [6, 6.07) is 3.61. The fourth-order valence-corrected chi connectivity index (χ4v) is 0.659. The Morgan fingerprint density at radius 2 is 2.20 bits per heavy atom. The Bertz CT molecular complexity index is 264. The Morgan fingerprint density at radius 3 is 2.70 bits per heavy atom. The van der Waals surface area contributed by atoms with Crippen LogP contribution in [0.1, 0.15) is 0 Å². The summed E-state index contributed by atoms with van der Waals surface area (Å²) in [5.74, 6) is -0.626. The molecular formula is C6H3ClFNO. The van der Waals surface area contributed by atoms with Crippen LogP contribution >= 0.6 is 11.6 Å². The normalized spacial score (nSPS) is 9.40. The maximum absolute atomic E-state index is 12.4. The van der Waals surface area contributed by atoms with Crippen LogP contribution in [0.25, 0.3) is 0 Å². The van der Waals surface area contributed by atoms with Crippen LogP contribution in [-0.2, 0) is 0 Å². The number of nitroso groups, excluding NO2 is 1. The van der Waals surface area contributed by atoms with Crippen LogP contribution in [0.2, 0.25) is 5.02 Å². The van der Waals surface area contributed by atoms with E-state index < -0.39 is 5.82 Å². The van der Waals surface area contributed by atoms with E-state index in [9.17, 15) is 9.30 Å². The second-order valence-electron chi connectivity index (χ2n) is 1.69. The lowest BCUT2D eigenvalue weighted by atomic mass is 10.3. The third kappa shape index (κ3) is 1.30. The third-order valence-corrected chi connectivity index (χ3v) is 1.32. The quantitative estimate of drug-likeness (QED) is 0.580. The van der Waals surface area contributed by atoms with E-state index in [2.05, 4.69) is 5.18 Å². The van der Waals surface area contributed by atoms with Crippen molar-refractivity contribution in [2.45, 2.75) is 0 Å². The summed E-state index contributed by atoms with van der Waals surface area (Å²) in [5.41, 5.74) is 0.0434. The van der Waals surface area contributed by atoms with E-state index in [1.54, 1.807) is 0 Å². The number of rotatable bonds is 1. The molecule has 2 nitrogen and oxygen atoms in total. The molecule has 0 radical (unpaired) electrons. The van der Waals surface area contributed by atoms with Gasteiger partial charge in [0.1, 0.15) is 11.5 Å². The van der Waals surface area contributed by atoms with Gasteiger partial charge in [-0.05, 0) is 17.3 Å². The maximum Gasteiger partial charge on any atom is 0.144 e. The number of halogens is 2. The molecule has 0 unspecified atom stereocenters. The minimum absolute atomic E-state index is 0.00704. The Labute approximate surface area is 61.6 Å². The molecule has 0 saturated heterocycles. The van der Waals surface area contributed by atoms with E-state index in [1.807, 2.05) is 0 Å². The lowest BCUT2D eigenvalue weighted by Gasteiger charge is -1.91. The van der Waals surface area contributed by atoms with Gasteiger partial charge in [0.25, 0.3) is 0 Å². The molecule has 1 aromatic rings. The van der Waals surface area contributed by atoms with E-state index in [1.165, 1.54) is 12.1 Å². The summed E-state index contributed by atoms with van der Waals surface area (Å²) in [6.45, 7) is 0. The summed E-state index contributed by atoms with van der Waals surface area (Å²) in [7, 11) is 0. The molecule has 10 heavy (non-hydrogen) atoms. The molecular weight excluding hydrogens is 157 g/mol. The van der Waals surface area contributed by atoms with Gasteiger partial charge in [-0.25, -0.2) is 4.39 Å². The van der Waals surface area contributed by atoms with Crippen LogP contribution in [0.5, 0.6) is 0 Å². The number of hydrogen-bond acceptors (Lipinski definition) is 2. The van der Waals surface area contributed by atoms with Crippen LogP contribution in [0.15, 0.2) is 23.4 Å². The van der Waals surface area contributed by atoms with Crippen molar-refractivity contribution in [3.63, 3.8) is 0 Å². The number of nitrogens with zero attached hydrogens (tertiary/aromatic N) is 1. The average molecular weight is 160 g/mol. The molecule has 0 heterocycles. The van der Waals surface area contributed by atoms with Gasteiger partial charge in [0.05, 0.1) is 5.02 Å². The molecule has 0 aliphatic heterocycles. The first kappa shape index (κ1) is 7.15. The Kier molecular flexibility index (Phi) is 1.97. The molecule has 0 bridgehead atoms. The standard InChI is InChI=1S/C6H3ClFNO/c7-5-2-1-4(9-10)3-6(5)8/h1-3H. The zero-order valence-electron chi connectivity index (χ0n) is 4.84. The molecule has 0 aliphatic carbocycles. The molecule has 52 valence electrons. The third-order valence-electron chi connectivity index (χ3n) is 1.01. The summed E-state index contributed by atoms with van der Waals surface area (Å²) in [6.07, 6.45) is 0. The summed E-state index contributed by atoms with van der Waals surface area (Å²) < 4.78 is 12.4. The molecule has 0 N–H and O–H groups in total. The number of benzene rings is 1. The lowest BCUT2D eigenvalue weighted by Crippen LogP contribution is -1.73. The van der Waals surface area contributed by atoms with Crippen molar-refractivity contribution in [1.82, 2.24) is 0 Å². The predicted molar refractivity (Wildman–Crippen MR) is 36.9 cm³/mol. The van der Waals surface area contributed by atoms with E-state index in [0.29, 0.717) is 0 Å². The van der Waals surface area contributed by atoms with Gasteiger partial charge >= 0.3 is 0 Å². The highest BCUT2D eigenvalue weighted by atomic mass is 35.5. The first-order valence-corrected chi connectivity index (χ1v) is 2.90. The molecule has 0 aliphatic rings. The van der Waals surface area contributed by atoms with Gasteiger partial charge < -0.3 is 0 Å². The molecule has 1 aromatic carbocycles. The Morgan fingerprint density at radius 1 is 1.50 bits per heavy atom. The molecule has 0 amide bonds. The van der Waals surface area contributed by atoms with Crippen LogP contribution in [0, 0.1) is 10.7 Å². The number of hydrogen-bond donors (Lipinski definition) is 0. The van der Waals surface area contributed by atoms with Crippen LogP contribution in [0.4, 0.5) is 10.1 Å². The van der Waals surface area contributed by atoms with Gasteiger partial charge in [-0.2, -0.15) is 0 Å². The van der Waals surface area contributed by atoms with Gasteiger partial charge in [-0.1, -0.05) is 11.6 Å². The van der Waals surface area contributed by atoms with Gasteiger partial charge in [0.2, 0.25) is 0 Å². The first-order chi connectivity index (χ1) is 4.74. The van der Waals surface area contributed by atoms with Crippen molar-refractivity contribution >= 4 is 17.3 Å². The van der Waals surface area contributed by atoms with Crippen LogP contribution in [-0.4, -0.2) is 0 Å². The highest BCUT2D eigenvalue weighted by molar-refractivity contribution is 6.30. The minimum Gasteiger partial charge on any atom is -0.205 e. The fourth-order valence-electron chi connectivity index (χ4n) is 0.542. The van der Waals surface area contributed by atoms with Gasteiger partial charge in [-0.3, -0.25) is 0 Å². The van der Waals surface area contributed by atoms with E-state index >= 15 is 0 Å². The summed E-state index contributed by atoms with van der Waals surface area (Å²) in [4.78, 5) is 9.81. The summed E-state index contributed by atoms with van der Waals surface area (Å²) in [5, 5.41) is 2.52. The van der Waals surface area contributed by atoms with Crippen molar-refractivity contribution in [2.24, 2.45) is 5.18 Å². The zero-order chi connectivity index (χ0) is 7.56.